The summed E-state index contributed by atoms with van der Waals surface area (Å²) in [6, 6.07) is 7.05. The molecular weight excluding hydrogens is 240 g/mol. The molecule has 1 fully saturated rings. The van der Waals surface area contributed by atoms with Crippen molar-refractivity contribution in [1.82, 2.24) is 0 Å². The second-order valence-electron chi connectivity index (χ2n) is 5.13. The SMILES string of the molecule is CCCC(N)C(=O)Nc1ccccc1OCC1CC1. The van der Waals surface area contributed by atoms with Crippen LogP contribution in [0.15, 0.2) is 24.3 Å². The molecule has 0 bridgehead atoms. The topological polar surface area (TPSA) is 64.4 Å². The molecule has 3 N–H and O–H groups in total. The lowest BCUT2D eigenvalue weighted by Crippen LogP contribution is -2.35. The number of nitrogens with one attached hydrogen (secondary N) is 1. The van der Waals surface area contributed by atoms with Crippen LogP contribution in [0.5, 0.6) is 5.75 Å². The molecule has 1 aromatic rings. The summed E-state index contributed by atoms with van der Waals surface area (Å²) in [4.78, 5) is 11.9. The molecule has 0 radical (unpaired) electrons. The Bertz CT molecular complexity index is 430. The zero-order chi connectivity index (χ0) is 13.7. The Morgan fingerprint density at radius 2 is 2.21 bits per heavy atom. The van der Waals surface area contributed by atoms with Gasteiger partial charge in [0.2, 0.25) is 5.91 Å². The largest absolute Gasteiger partial charge is 0.491 e. The van der Waals surface area contributed by atoms with Gasteiger partial charge in [-0.3, -0.25) is 4.79 Å². The number of amides is 1. The molecule has 104 valence electrons. The van der Waals surface area contributed by atoms with Gasteiger partial charge in [-0.05, 0) is 37.3 Å². The fourth-order valence-electron chi connectivity index (χ4n) is 1.86. The first-order valence-corrected chi connectivity index (χ1v) is 6.99. The number of carbonyl (C=O) groups is 1. The molecule has 19 heavy (non-hydrogen) atoms. The van der Waals surface area contributed by atoms with Gasteiger partial charge in [-0.2, -0.15) is 0 Å². The van der Waals surface area contributed by atoms with Gasteiger partial charge in [-0.15, -0.1) is 0 Å². The van der Waals surface area contributed by atoms with Crippen molar-refractivity contribution < 1.29 is 9.53 Å². The summed E-state index contributed by atoms with van der Waals surface area (Å²) in [5.41, 5.74) is 6.51. The van der Waals surface area contributed by atoms with Crippen molar-refractivity contribution in [1.29, 1.82) is 0 Å². The molecule has 1 aliphatic rings. The fourth-order valence-corrected chi connectivity index (χ4v) is 1.86. The third kappa shape index (κ3) is 4.24. The van der Waals surface area contributed by atoms with E-state index in [4.69, 9.17) is 10.5 Å². The van der Waals surface area contributed by atoms with Crippen LogP contribution in [0.4, 0.5) is 5.69 Å². The highest BCUT2D eigenvalue weighted by Crippen LogP contribution is 2.31. The number of hydrogen-bond donors (Lipinski definition) is 2. The number of nitrogens with two attached hydrogens (primary N) is 1. The molecule has 1 amide bonds. The Morgan fingerprint density at radius 1 is 1.47 bits per heavy atom. The average molecular weight is 262 g/mol. The van der Waals surface area contributed by atoms with Gasteiger partial charge in [0.05, 0.1) is 18.3 Å². The summed E-state index contributed by atoms with van der Waals surface area (Å²) in [5.74, 6) is 1.27. The molecule has 0 spiro atoms. The first kappa shape index (κ1) is 13.9. The summed E-state index contributed by atoms with van der Waals surface area (Å²) in [6.07, 6.45) is 4.08. The highest BCUT2D eigenvalue weighted by atomic mass is 16.5. The van der Waals surface area contributed by atoms with Gasteiger partial charge < -0.3 is 15.8 Å². The molecule has 1 atom stereocenters. The maximum absolute atomic E-state index is 11.9. The first-order valence-electron chi connectivity index (χ1n) is 6.99. The van der Waals surface area contributed by atoms with E-state index in [0.29, 0.717) is 18.0 Å². The number of carbonyl (C=O) groups excluding carboxylic acids is 1. The number of ether oxygens (including phenoxy) is 1. The molecular formula is C15H22N2O2. The molecule has 1 saturated carbocycles. The highest BCUT2D eigenvalue weighted by molar-refractivity contribution is 5.95. The average Bonchev–Trinajstić information content (AvgIpc) is 3.22. The van der Waals surface area contributed by atoms with Crippen LogP contribution in [0.1, 0.15) is 32.6 Å². The van der Waals surface area contributed by atoms with Crippen LogP contribution in [-0.4, -0.2) is 18.6 Å². The lowest BCUT2D eigenvalue weighted by molar-refractivity contribution is -0.117. The predicted octanol–water partition coefficient (Wildman–Crippen LogP) is 2.54. The second-order valence-corrected chi connectivity index (χ2v) is 5.13. The molecule has 0 heterocycles. The molecule has 1 unspecified atom stereocenters. The minimum atomic E-state index is -0.457. The van der Waals surface area contributed by atoms with Gasteiger partial charge in [0, 0.05) is 0 Å². The van der Waals surface area contributed by atoms with Crippen LogP contribution in [-0.2, 0) is 4.79 Å². The summed E-state index contributed by atoms with van der Waals surface area (Å²) in [7, 11) is 0. The molecule has 2 rings (SSSR count). The standard InChI is InChI=1S/C15H22N2O2/c1-2-5-12(16)15(18)17-13-6-3-4-7-14(13)19-10-11-8-9-11/h3-4,6-7,11-12H,2,5,8-10,16H2,1H3,(H,17,18). The predicted molar refractivity (Wildman–Crippen MR) is 76.2 cm³/mol. The van der Waals surface area contributed by atoms with Crippen molar-refractivity contribution in [2.24, 2.45) is 11.7 Å². The minimum Gasteiger partial charge on any atom is -0.491 e. The maximum Gasteiger partial charge on any atom is 0.241 e. The van der Waals surface area contributed by atoms with Crippen LogP contribution >= 0.6 is 0 Å². The number of benzene rings is 1. The van der Waals surface area contributed by atoms with Gasteiger partial charge >= 0.3 is 0 Å². The van der Waals surface area contributed by atoms with Crippen molar-refractivity contribution >= 4 is 11.6 Å². The number of hydrogen-bond acceptors (Lipinski definition) is 3. The molecule has 1 aliphatic carbocycles. The van der Waals surface area contributed by atoms with E-state index in [9.17, 15) is 4.79 Å². The van der Waals surface area contributed by atoms with E-state index in [0.717, 1.165) is 18.8 Å². The van der Waals surface area contributed by atoms with Crippen molar-refractivity contribution in [2.75, 3.05) is 11.9 Å². The van der Waals surface area contributed by atoms with E-state index in [1.54, 1.807) is 0 Å². The van der Waals surface area contributed by atoms with Gasteiger partial charge in [-0.1, -0.05) is 25.5 Å². The molecule has 0 saturated heterocycles. The van der Waals surface area contributed by atoms with E-state index in [1.165, 1.54) is 12.8 Å². The molecule has 4 nitrogen and oxygen atoms in total. The summed E-state index contributed by atoms with van der Waals surface area (Å²) >= 11 is 0. The normalized spacial score (nSPS) is 15.9. The van der Waals surface area contributed by atoms with Crippen molar-refractivity contribution in [2.45, 2.75) is 38.6 Å². The number of anilines is 1. The smallest absolute Gasteiger partial charge is 0.241 e. The molecule has 1 aromatic carbocycles. The molecule has 4 heteroatoms. The third-order valence-electron chi connectivity index (χ3n) is 3.25. The summed E-state index contributed by atoms with van der Waals surface area (Å²) in [6.45, 7) is 2.74. The van der Waals surface area contributed by atoms with E-state index in [-0.39, 0.29) is 5.91 Å². The van der Waals surface area contributed by atoms with Crippen LogP contribution < -0.4 is 15.8 Å². The fraction of sp³-hybridized carbons (Fsp3) is 0.533. The zero-order valence-corrected chi connectivity index (χ0v) is 11.4. The van der Waals surface area contributed by atoms with E-state index >= 15 is 0 Å². The van der Waals surface area contributed by atoms with Crippen LogP contribution in [0.3, 0.4) is 0 Å². The van der Waals surface area contributed by atoms with E-state index in [2.05, 4.69) is 5.32 Å². The van der Waals surface area contributed by atoms with Crippen molar-refractivity contribution in [3.63, 3.8) is 0 Å². The Balaban J connectivity index is 1.95. The van der Waals surface area contributed by atoms with Gasteiger partial charge in [0.15, 0.2) is 0 Å². The zero-order valence-electron chi connectivity index (χ0n) is 11.4. The van der Waals surface area contributed by atoms with Gasteiger partial charge in [0.25, 0.3) is 0 Å². The monoisotopic (exact) mass is 262 g/mol. The lowest BCUT2D eigenvalue weighted by atomic mass is 10.1. The molecule has 0 aromatic heterocycles. The summed E-state index contributed by atoms with van der Waals surface area (Å²) < 4.78 is 5.75. The van der Waals surface area contributed by atoms with Crippen LogP contribution in [0, 0.1) is 5.92 Å². The van der Waals surface area contributed by atoms with Gasteiger partial charge in [-0.25, -0.2) is 0 Å². The number of para-hydroxylation sites is 2. The van der Waals surface area contributed by atoms with Crippen LogP contribution in [0.2, 0.25) is 0 Å². The Labute approximate surface area is 114 Å². The second kappa shape index (κ2) is 6.57. The molecule has 0 aliphatic heterocycles. The van der Waals surface area contributed by atoms with E-state index < -0.39 is 6.04 Å². The maximum atomic E-state index is 11.9. The minimum absolute atomic E-state index is 0.149. The van der Waals surface area contributed by atoms with Gasteiger partial charge in [0.1, 0.15) is 5.75 Å². The quantitative estimate of drug-likeness (QED) is 0.793. The highest BCUT2D eigenvalue weighted by Gasteiger charge is 2.22. The first-order chi connectivity index (χ1) is 9.20. The Kier molecular flexibility index (Phi) is 4.80. The number of rotatable bonds is 7. The van der Waals surface area contributed by atoms with Crippen LogP contribution in [0.25, 0.3) is 0 Å². The lowest BCUT2D eigenvalue weighted by Gasteiger charge is -2.14. The Hall–Kier alpha value is -1.55. The van der Waals surface area contributed by atoms with E-state index in [1.807, 2.05) is 31.2 Å². The Morgan fingerprint density at radius 3 is 2.89 bits per heavy atom. The summed E-state index contributed by atoms with van der Waals surface area (Å²) in [5, 5.41) is 2.85. The third-order valence-corrected chi connectivity index (χ3v) is 3.25. The van der Waals surface area contributed by atoms with Crippen molar-refractivity contribution in [3.8, 4) is 5.75 Å². The van der Waals surface area contributed by atoms with Crippen molar-refractivity contribution in [3.05, 3.63) is 24.3 Å².